The molecule has 2 heterocycles. The van der Waals surface area contributed by atoms with Crippen molar-refractivity contribution in [3.05, 3.63) is 54.1 Å². The second kappa shape index (κ2) is 4.73. The Kier molecular flexibility index (Phi) is 2.72. The molecule has 0 fully saturated rings. The van der Waals surface area contributed by atoms with E-state index in [1.165, 1.54) is 5.56 Å². The molecule has 0 amide bonds. The number of fused-ring (bicyclic) bond motifs is 1. The first-order chi connectivity index (χ1) is 10.7. The minimum absolute atomic E-state index is 0.440. The number of aromatic nitrogens is 4. The van der Waals surface area contributed by atoms with Gasteiger partial charge in [-0.2, -0.15) is 5.10 Å². The second-order valence-corrected chi connectivity index (χ2v) is 5.33. The largest absolute Gasteiger partial charge is 0.382 e. The highest BCUT2D eigenvalue weighted by Crippen LogP contribution is 2.34. The van der Waals surface area contributed by atoms with Crippen LogP contribution in [0.15, 0.2) is 48.5 Å². The zero-order chi connectivity index (χ0) is 15.1. The van der Waals surface area contributed by atoms with E-state index < -0.39 is 0 Å². The first kappa shape index (κ1) is 12.6. The number of nitrogens with two attached hydrogens (primary N) is 1. The fraction of sp³-hybridized carbons (Fsp3) is 0.0588. The number of nitrogen functional groups attached to an aromatic ring is 1. The Morgan fingerprint density at radius 2 is 1.91 bits per heavy atom. The molecule has 0 unspecified atom stereocenters. The molecule has 5 nitrogen and oxygen atoms in total. The normalized spacial score (nSPS) is 11.1. The highest BCUT2D eigenvalue weighted by atomic mass is 15.2. The second-order valence-electron chi connectivity index (χ2n) is 5.33. The highest BCUT2D eigenvalue weighted by molar-refractivity contribution is 5.89. The lowest BCUT2D eigenvalue weighted by molar-refractivity contribution is 1.10. The lowest BCUT2D eigenvalue weighted by Crippen LogP contribution is -1.90. The summed E-state index contributed by atoms with van der Waals surface area (Å²) in [5, 5.41) is 7.19. The Bertz CT molecular complexity index is 931. The van der Waals surface area contributed by atoms with Crippen LogP contribution < -0.4 is 5.73 Å². The molecular formula is C17H15N5. The van der Waals surface area contributed by atoms with Crippen LogP contribution in [0.5, 0.6) is 0 Å². The van der Waals surface area contributed by atoms with Crippen molar-refractivity contribution < 1.29 is 0 Å². The molecular weight excluding hydrogens is 274 g/mol. The van der Waals surface area contributed by atoms with E-state index in [9.17, 15) is 0 Å². The number of benzene rings is 2. The third kappa shape index (κ3) is 1.95. The third-order valence-corrected chi connectivity index (χ3v) is 3.73. The van der Waals surface area contributed by atoms with Gasteiger partial charge in [0, 0.05) is 5.56 Å². The summed E-state index contributed by atoms with van der Waals surface area (Å²) in [7, 11) is 0. The molecule has 4 aromatic rings. The Hall–Kier alpha value is -3.08. The summed E-state index contributed by atoms with van der Waals surface area (Å²) in [5.41, 5.74) is 11.9. The monoisotopic (exact) mass is 289 g/mol. The van der Waals surface area contributed by atoms with Gasteiger partial charge in [-0.3, -0.25) is 5.10 Å². The summed E-state index contributed by atoms with van der Waals surface area (Å²) < 4.78 is 0. The molecule has 108 valence electrons. The van der Waals surface area contributed by atoms with E-state index >= 15 is 0 Å². The summed E-state index contributed by atoms with van der Waals surface area (Å²) in [5.74, 6) is 1.17. The van der Waals surface area contributed by atoms with Gasteiger partial charge in [0.2, 0.25) is 0 Å². The fourth-order valence-corrected chi connectivity index (χ4v) is 2.68. The molecule has 0 atom stereocenters. The maximum absolute atomic E-state index is 6.07. The molecule has 0 aliphatic rings. The van der Waals surface area contributed by atoms with Crippen molar-refractivity contribution in [2.45, 2.75) is 6.92 Å². The van der Waals surface area contributed by atoms with E-state index in [-0.39, 0.29) is 0 Å². The van der Waals surface area contributed by atoms with Crippen LogP contribution in [0.1, 0.15) is 5.56 Å². The van der Waals surface area contributed by atoms with Crippen molar-refractivity contribution in [3.63, 3.8) is 0 Å². The van der Waals surface area contributed by atoms with E-state index in [0.29, 0.717) is 5.82 Å². The number of para-hydroxylation sites is 2. The van der Waals surface area contributed by atoms with Crippen LogP contribution in [0, 0.1) is 6.92 Å². The first-order valence-corrected chi connectivity index (χ1v) is 7.08. The van der Waals surface area contributed by atoms with E-state index in [1.807, 2.05) is 36.4 Å². The summed E-state index contributed by atoms with van der Waals surface area (Å²) in [6, 6.07) is 16.1. The van der Waals surface area contributed by atoms with Gasteiger partial charge in [0.15, 0.2) is 5.82 Å². The Balaban J connectivity index is 1.93. The van der Waals surface area contributed by atoms with Crippen LogP contribution in [-0.4, -0.2) is 20.2 Å². The average molecular weight is 289 g/mol. The molecule has 5 heteroatoms. The molecule has 0 aliphatic heterocycles. The lowest BCUT2D eigenvalue weighted by atomic mass is 10.0. The van der Waals surface area contributed by atoms with Gasteiger partial charge >= 0.3 is 0 Å². The molecule has 2 aromatic heterocycles. The predicted molar refractivity (Wildman–Crippen MR) is 88.3 cm³/mol. The Morgan fingerprint density at radius 1 is 1.05 bits per heavy atom. The molecule has 0 aliphatic carbocycles. The summed E-state index contributed by atoms with van der Waals surface area (Å²) in [6.45, 7) is 2.06. The number of hydrogen-bond acceptors (Lipinski definition) is 3. The van der Waals surface area contributed by atoms with Gasteiger partial charge in [0.1, 0.15) is 5.82 Å². The minimum atomic E-state index is 0.440. The van der Waals surface area contributed by atoms with Crippen LogP contribution >= 0.6 is 0 Å². The van der Waals surface area contributed by atoms with E-state index in [4.69, 9.17) is 5.73 Å². The van der Waals surface area contributed by atoms with Crippen molar-refractivity contribution in [2.24, 2.45) is 0 Å². The number of nitrogens with one attached hydrogen (secondary N) is 2. The molecule has 0 saturated heterocycles. The molecule has 0 spiro atoms. The van der Waals surface area contributed by atoms with Gasteiger partial charge in [-0.15, -0.1) is 0 Å². The summed E-state index contributed by atoms with van der Waals surface area (Å²) in [4.78, 5) is 7.94. The van der Waals surface area contributed by atoms with E-state index in [1.54, 1.807) is 0 Å². The standard InChI is InChI=1S/C17H15N5/c1-10-5-4-6-11(9-10)15-14(16(18)22-21-15)17-19-12-7-2-3-8-13(12)20-17/h2-9H,1H3,(H,19,20)(H3,18,21,22). The number of nitrogens with zero attached hydrogens (tertiary/aromatic N) is 2. The van der Waals surface area contributed by atoms with Gasteiger partial charge in [0.05, 0.1) is 22.3 Å². The van der Waals surface area contributed by atoms with Crippen molar-refractivity contribution in [1.29, 1.82) is 0 Å². The number of aryl methyl sites for hydroxylation is 1. The molecule has 0 radical (unpaired) electrons. The van der Waals surface area contributed by atoms with Crippen molar-refractivity contribution in [2.75, 3.05) is 5.73 Å². The van der Waals surface area contributed by atoms with Crippen LogP contribution in [0.2, 0.25) is 0 Å². The van der Waals surface area contributed by atoms with Crippen LogP contribution in [0.25, 0.3) is 33.7 Å². The van der Waals surface area contributed by atoms with Gasteiger partial charge in [-0.05, 0) is 25.1 Å². The van der Waals surface area contributed by atoms with Crippen LogP contribution in [0.4, 0.5) is 5.82 Å². The Morgan fingerprint density at radius 3 is 2.73 bits per heavy atom. The number of rotatable bonds is 2. The smallest absolute Gasteiger partial charge is 0.156 e. The minimum Gasteiger partial charge on any atom is -0.382 e. The molecule has 2 aromatic carbocycles. The Labute approximate surface area is 127 Å². The zero-order valence-electron chi connectivity index (χ0n) is 12.1. The summed E-state index contributed by atoms with van der Waals surface area (Å²) in [6.07, 6.45) is 0. The maximum Gasteiger partial charge on any atom is 0.156 e. The lowest BCUT2D eigenvalue weighted by Gasteiger charge is -2.03. The zero-order valence-corrected chi connectivity index (χ0v) is 12.1. The van der Waals surface area contributed by atoms with Gasteiger partial charge < -0.3 is 10.7 Å². The number of anilines is 1. The van der Waals surface area contributed by atoms with Gasteiger partial charge in [-0.25, -0.2) is 4.98 Å². The van der Waals surface area contributed by atoms with Crippen molar-refractivity contribution in [1.82, 2.24) is 20.2 Å². The third-order valence-electron chi connectivity index (χ3n) is 3.73. The van der Waals surface area contributed by atoms with Crippen molar-refractivity contribution in [3.8, 4) is 22.6 Å². The molecule has 0 saturated carbocycles. The topological polar surface area (TPSA) is 83.4 Å². The van der Waals surface area contributed by atoms with Crippen molar-refractivity contribution >= 4 is 16.9 Å². The number of imidazole rings is 1. The molecule has 4 N–H and O–H groups in total. The van der Waals surface area contributed by atoms with Crippen LogP contribution in [-0.2, 0) is 0 Å². The highest BCUT2D eigenvalue weighted by Gasteiger charge is 2.18. The molecule has 4 rings (SSSR count). The van der Waals surface area contributed by atoms with E-state index in [0.717, 1.165) is 33.7 Å². The fourth-order valence-electron chi connectivity index (χ4n) is 2.68. The molecule has 22 heavy (non-hydrogen) atoms. The first-order valence-electron chi connectivity index (χ1n) is 7.08. The number of hydrogen-bond donors (Lipinski definition) is 3. The number of H-pyrrole nitrogens is 2. The SMILES string of the molecule is Cc1cccc(-c2[nH]nc(N)c2-c2nc3ccccc3[nH]2)c1. The number of aromatic amines is 2. The van der Waals surface area contributed by atoms with E-state index in [2.05, 4.69) is 39.2 Å². The predicted octanol–water partition coefficient (Wildman–Crippen LogP) is 3.51. The van der Waals surface area contributed by atoms with Gasteiger partial charge in [0.25, 0.3) is 0 Å². The maximum atomic E-state index is 6.07. The molecule has 0 bridgehead atoms. The quantitative estimate of drug-likeness (QED) is 0.528. The summed E-state index contributed by atoms with van der Waals surface area (Å²) >= 11 is 0. The van der Waals surface area contributed by atoms with Crippen LogP contribution in [0.3, 0.4) is 0 Å². The average Bonchev–Trinajstić information content (AvgIpc) is 3.10. The van der Waals surface area contributed by atoms with Gasteiger partial charge in [-0.1, -0.05) is 35.9 Å².